The number of aromatic amines is 1. The number of nitrogens with one attached hydrogen (secondary N) is 1. The number of aromatic nitrogens is 1. The van der Waals surface area contributed by atoms with Crippen LogP contribution in [-0.2, 0) is 0 Å². The molecule has 1 aromatic carbocycles. The number of carbonyl (C=O) groups is 1. The van der Waals surface area contributed by atoms with Crippen LogP contribution in [0.2, 0.25) is 0 Å². The second-order valence-electron chi connectivity index (χ2n) is 4.55. The van der Waals surface area contributed by atoms with Gasteiger partial charge in [-0.25, -0.2) is 0 Å². The molecule has 1 heterocycles. The van der Waals surface area contributed by atoms with Crippen molar-refractivity contribution in [3.63, 3.8) is 0 Å². The van der Waals surface area contributed by atoms with Gasteiger partial charge in [0.1, 0.15) is 0 Å². The summed E-state index contributed by atoms with van der Waals surface area (Å²) in [6.07, 6.45) is 0.560. The molecule has 2 rings (SSSR count). The molecule has 0 aliphatic carbocycles. The van der Waals surface area contributed by atoms with Crippen LogP contribution in [0, 0.1) is 0 Å². The number of benzene rings is 1. The number of carbonyl (C=O) groups excluding carboxylic acids is 1. The third kappa shape index (κ3) is 2.40. The number of aldehydes is 1. The van der Waals surface area contributed by atoms with E-state index >= 15 is 0 Å². The second-order valence-corrected chi connectivity index (χ2v) is 4.55. The summed E-state index contributed by atoms with van der Waals surface area (Å²) in [4.78, 5) is 24.8. The SMILES string of the molecule is CC(C)c1ccc(-c2ccc(C=O)c(=O)[nH]2)cc1. The van der Waals surface area contributed by atoms with Gasteiger partial charge in [0.05, 0.1) is 5.56 Å². The van der Waals surface area contributed by atoms with Crippen LogP contribution in [0.25, 0.3) is 11.3 Å². The van der Waals surface area contributed by atoms with Gasteiger partial charge in [-0.2, -0.15) is 0 Å². The number of rotatable bonds is 3. The van der Waals surface area contributed by atoms with E-state index in [0.717, 1.165) is 11.3 Å². The summed E-state index contributed by atoms with van der Waals surface area (Å²) in [6.45, 7) is 4.27. The van der Waals surface area contributed by atoms with Crippen molar-refractivity contribution >= 4 is 6.29 Å². The van der Waals surface area contributed by atoms with Crippen molar-refractivity contribution in [2.24, 2.45) is 0 Å². The van der Waals surface area contributed by atoms with Gasteiger partial charge in [0, 0.05) is 5.69 Å². The zero-order valence-corrected chi connectivity index (χ0v) is 10.4. The summed E-state index contributed by atoms with van der Waals surface area (Å²) >= 11 is 0. The van der Waals surface area contributed by atoms with E-state index in [9.17, 15) is 9.59 Å². The molecule has 0 bridgehead atoms. The van der Waals surface area contributed by atoms with Gasteiger partial charge >= 0.3 is 0 Å². The number of hydrogen-bond donors (Lipinski definition) is 1. The van der Waals surface area contributed by atoms with Crippen LogP contribution in [-0.4, -0.2) is 11.3 Å². The molecule has 0 saturated carbocycles. The van der Waals surface area contributed by atoms with Crippen LogP contribution in [0.15, 0.2) is 41.2 Å². The maximum Gasteiger partial charge on any atom is 0.258 e. The molecule has 0 spiro atoms. The quantitative estimate of drug-likeness (QED) is 0.840. The van der Waals surface area contributed by atoms with E-state index in [1.807, 2.05) is 24.3 Å². The predicted octanol–water partition coefficient (Wildman–Crippen LogP) is 2.98. The summed E-state index contributed by atoms with van der Waals surface area (Å²) in [5.74, 6) is 0.482. The fraction of sp³-hybridized carbons (Fsp3) is 0.200. The monoisotopic (exact) mass is 241 g/mol. The number of hydrogen-bond acceptors (Lipinski definition) is 2. The molecule has 1 N–H and O–H groups in total. The van der Waals surface area contributed by atoms with Crippen LogP contribution in [0.5, 0.6) is 0 Å². The first-order valence-electron chi connectivity index (χ1n) is 5.90. The molecule has 3 nitrogen and oxygen atoms in total. The van der Waals surface area contributed by atoms with Crippen LogP contribution in [0.1, 0.15) is 35.7 Å². The highest BCUT2D eigenvalue weighted by atomic mass is 16.1. The minimum atomic E-state index is -0.351. The molecule has 0 saturated heterocycles. The largest absolute Gasteiger partial charge is 0.321 e. The number of H-pyrrole nitrogens is 1. The lowest BCUT2D eigenvalue weighted by Crippen LogP contribution is -2.11. The van der Waals surface area contributed by atoms with Gasteiger partial charge in [0.25, 0.3) is 5.56 Å². The highest BCUT2D eigenvalue weighted by Gasteiger charge is 2.03. The van der Waals surface area contributed by atoms with E-state index in [1.165, 1.54) is 11.6 Å². The molecule has 1 aromatic heterocycles. The Morgan fingerprint density at radius 2 is 1.72 bits per heavy atom. The van der Waals surface area contributed by atoms with Gasteiger partial charge in [-0.15, -0.1) is 0 Å². The molecule has 18 heavy (non-hydrogen) atoms. The van der Waals surface area contributed by atoms with Gasteiger partial charge in [-0.3, -0.25) is 9.59 Å². The third-order valence-electron chi connectivity index (χ3n) is 2.96. The van der Waals surface area contributed by atoms with Gasteiger partial charge < -0.3 is 4.98 Å². The average Bonchev–Trinajstić information content (AvgIpc) is 2.38. The molecule has 3 heteroatoms. The Bertz CT molecular complexity index is 609. The lowest BCUT2D eigenvalue weighted by molar-refractivity contribution is 0.112. The lowest BCUT2D eigenvalue weighted by Gasteiger charge is -2.07. The van der Waals surface area contributed by atoms with Crippen molar-refractivity contribution in [3.8, 4) is 11.3 Å². The van der Waals surface area contributed by atoms with Crippen LogP contribution in [0.3, 0.4) is 0 Å². The minimum absolute atomic E-state index is 0.151. The zero-order valence-electron chi connectivity index (χ0n) is 10.4. The average molecular weight is 241 g/mol. The van der Waals surface area contributed by atoms with Gasteiger partial charge in [-0.05, 0) is 29.2 Å². The highest BCUT2D eigenvalue weighted by Crippen LogP contribution is 2.20. The summed E-state index contributed by atoms with van der Waals surface area (Å²) in [5, 5.41) is 0. The standard InChI is InChI=1S/C15H15NO2/c1-10(2)11-3-5-12(6-4-11)14-8-7-13(9-17)15(18)16-14/h3-10H,1-2H3,(H,16,18). The first kappa shape index (κ1) is 12.3. The van der Waals surface area contributed by atoms with E-state index < -0.39 is 0 Å². The van der Waals surface area contributed by atoms with Crippen molar-refractivity contribution in [2.45, 2.75) is 19.8 Å². The Balaban J connectivity index is 2.40. The van der Waals surface area contributed by atoms with E-state index in [0.29, 0.717) is 12.2 Å². The summed E-state index contributed by atoms with van der Waals surface area (Å²) in [6, 6.07) is 11.3. The Kier molecular flexibility index (Phi) is 3.42. The maximum atomic E-state index is 11.5. The minimum Gasteiger partial charge on any atom is -0.321 e. The van der Waals surface area contributed by atoms with Crippen molar-refractivity contribution in [1.82, 2.24) is 4.98 Å². The molecule has 0 aliphatic rings. The molecular formula is C15H15NO2. The molecule has 2 aromatic rings. The molecule has 0 atom stereocenters. The fourth-order valence-corrected chi connectivity index (χ4v) is 1.79. The zero-order chi connectivity index (χ0) is 13.1. The van der Waals surface area contributed by atoms with Crippen molar-refractivity contribution in [3.05, 3.63) is 57.9 Å². The maximum absolute atomic E-state index is 11.5. The molecule has 0 radical (unpaired) electrons. The topological polar surface area (TPSA) is 49.9 Å². The predicted molar refractivity (Wildman–Crippen MR) is 72.0 cm³/mol. The number of pyridine rings is 1. The van der Waals surface area contributed by atoms with Crippen molar-refractivity contribution in [2.75, 3.05) is 0 Å². The third-order valence-corrected chi connectivity index (χ3v) is 2.96. The van der Waals surface area contributed by atoms with Crippen LogP contribution < -0.4 is 5.56 Å². The Hall–Kier alpha value is -2.16. The van der Waals surface area contributed by atoms with Crippen molar-refractivity contribution in [1.29, 1.82) is 0 Å². The molecule has 0 amide bonds. The van der Waals surface area contributed by atoms with Gasteiger partial charge in [0.15, 0.2) is 6.29 Å². The molecule has 0 unspecified atom stereocenters. The van der Waals surface area contributed by atoms with E-state index in [-0.39, 0.29) is 11.1 Å². The van der Waals surface area contributed by atoms with E-state index in [2.05, 4.69) is 18.8 Å². The van der Waals surface area contributed by atoms with Crippen LogP contribution in [0.4, 0.5) is 0 Å². The lowest BCUT2D eigenvalue weighted by atomic mass is 10.0. The first-order valence-corrected chi connectivity index (χ1v) is 5.90. The van der Waals surface area contributed by atoms with Crippen molar-refractivity contribution < 1.29 is 4.79 Å². The first-order chi connectivity index (χ1) is 8.61. The van der Waals surface area contributed by atoms with Gasteiger partial charge in [-0.1, -0.05) is 38.1 Å². The smallest absolute Gasteiger partial charge is 0.258 e. The van der Waals surface area contributed by atoms with E-state index in [1.54, 1.807) is 6.07 Å². The fourth-order valence-electron chi connectivity index (χ4n) is 1.79. The van der Waals surface area contributed by atoms with Crippen LogP contribution >= 0.6 is 0 Å². The van der Waals surface area contributed by atoms with E-state index in [4.69, 9.17) is 0 Å². The Morgan fingerprint density at radius 3 is 2.22 bits per heavy atom. The summed E-state index contributed by atoms with van der Waals surface area (Å²) in [7, 11) is 0. The second kappa shape index (κ2) is 5.00. The highest BCUT2D eigenvalue weighted by molar-refractivity contribution is 5.75. The Morgan fingerprint density at radius 1 is 1.06 bits per heavy atom. The summed E-state index contributed by atoms with van der Waals surface area (Å²) < 4.78 is 0. The molecule has 0 aliphatic heterocycles. The summed E-state index contributed by atoms with van der Waals surface area (Å²) in [5.41, 5.74) is 2.72. The normalized spacial score (nSPS) is 10.6. The molecule has 92 valence electrons. The Labute approximate surface area is 105 Å². The van der Waals surface area contributed by atoms with Gasteiger partial charge in [0.2, 0.25) is 0 Å². The molecule has 0 fully saturated rings. The molecular weight excluding hydrogens is 226 g/mol.